The molecule has 4 rings (SSSR count). The van der Waals surface area contributed by atoms with E-state index in [0.29, 0.717) is 49.7 Å². The fourth-order valence-electron chi connectivity index (χ4n) is 6.08. The van der Waals surface area contributed by atoms with E-state index in [4.69, 9.17) is 16.3 Å². The summed E-state index contributed by atoms with van der Waals surface area (Å²) in [5, 5.41) is 0.568. The molecule has 1 aromatic carbocycles. The zero-order valence-electron chi connectivity index (χ0n) is 26.5. The van der Waals surface area contributed by atoms with Crippen LogP contribution in [-0.4, -0.2) is 76.1 Å². The van der Waals surface area contributed by atoms with E-state index >= 15 is 0 Å². The van der Waals surface area contributed by atoms with Gasteiger partial charge in [-0.05, 0) is 74.3 Å². The Morgan fingerprint density at radius 2 is 1.55 bits per heavy atom. The predicted octanol–water partition coefficient (Wildman–Crippen LogP) is 7.44. The van der Waals surface area contributed by atoms with Crippen molar-refractivity contribution in [3.8, 4) is 0 Å². The van der Waals surface area contributed by atoms with Crippen LogP contribution in [0.5, 0.6) is 0 Å². The Hall–Kier alpha value is -2.85. The van der Waals surface area contributed by atoms with Crippen LogP contribution in [0.25, 0.3) is 0 Å². The average molecular weight is 637 g/mol. The van der Waals surface area contributed by atoms with E-state index in [1.165, 1.54) is 12.3 Å². The zero-order valence-corrected chi connectivity index (χ0v) is 27.2. The quantitative estimate of drug-likeness (QED) is 0.341. The first-order chi connectivity index (χ1) is 20.4. The minimum Gasteiger partial charge on any atom is -0.444 e. The second-order valence-corrected chi connectivity index (χ2v) is 14.4. The number of piperazine rings is 1. The summed E-state index contributed by atoms with van der Waals surface area (Å²) in [6.07, 6.45) is -1.64. The molecular weight excluding hydrogens is 593 g/mol. The number of benzene rings is 1. The third-order valence-corrected chi connectivity index (χ3v) is 8.66. The van der Waals surface area contributed by atoms with Gasteiger partial charge in [-0.3, -0.25) is 14.7 Å². The third-order valence-electron chi connectivity index (χ3n) is 8.40. The summed E-state index contributed by atoms with van der Waals surface area (Å²) in [5.74, 6) is 0.277. The van der Waals surface area contributed by atoms with Crippen molar-refractivity contribution >= 4 is 23.6 Å². The standard InChI is InChI=1S/C33H44ClF3N4O3/c1-31(2,3)27-21-40(29(23-7-10-25(34)11-8-23)24-9-12-26(38-20-24)33(35,36)37)17-18-41(27)28(42)19-22-13-15-39(16-14-22)30(43)44-32(4,5)6/h7-12,20,22,27,29H,13-19,21H2,1-6H3/t27-,29?/m1/s1. The topological polar surface area (TPSA) is 66.0 Å². The lowest BCUT2D eigenvalue weighted by Crippen LogP contribution is -2.60. The fraction of sp³-hybridized carbons (Fsp3) is 0.606. The SMILES string of the molecule is CC(C)(C)OC(=O)N1CCC(CC(=O)N2CCN(C(c3ccc(Cl)cc3)c3ccc(C(F)(F)F)nc3)C[C@@H]2C(C)(C)C)CC1. The van der Waals surface area contributed by atoms with Gasteiger partial charge in [-0.25, -0.2) is 4.79 Å². The van der Waals surface area contributed by atoms with Crippen molar-refractivity contribution < 1.29 is 27.5 Å². The number of nitrogens with zero attached hydrogens (tertiary/aromatic N) is 4. The predicted molar refractivity (Wildman–Crippen MR) is 164 cm³/mol. The van der Waals surface area contributed by atoms with Gasteiger partial charge in [0.25, 0.3) is 0 Å². The van der Waals surface area contributed by atoms with Gasteiger partial charge in [0.2, 0.25) is 5.91 Å². The molecule has 1 unspecified atom stereocenters. The van der Waals surface area contributed by atoms with Crippen LogP contribution >= 0.6 is 11.6 Å². The van der Waals surface area contributed by atoms with Crippen LogP contribution in [0, 0.1) is 11.3 Å². The second-order valence-electron chi connectivity index (χ2n) is 14.0. The number of carbonyl (C=O) groups excluding carboxylic acids is 2. The molecule has 2 aromatic rings. The lowest BCUT2D eigenvalue weighted by atomic mass is 9.82. The highest BCUT2D eigenvalue weighted by Gasteiger charge is 2.41. The summed E-state index contributed by atoms with van der Waals surface area (Å²) in [6.45, 7) is 14.6. The molecule has 3 heterocycles. The van der Waals surface area contributed by atoms with E-state index in [1.54, 1.807) is 17.0 Å². The number of piperidine rings is 1. The smallest absolute Gasteiger partial charge is 0.433 e. The summed E-state index contributed by atoms with van der Waals surface area (Å²) < 4.78 is 45.3. The minimum atomic E-state index is -4.52. The summed E-state index contributed by atoms with van der Waals surface area (Å²) in [7, 11) is 0. The number of rotatable bonds is 5. The highest BCUT2D eigenvalue weighted by Crippen LogP contribution is 2.37. The van der Waals surface area contributed by atoms with Crippen molar-refractivity contribution in [1.82, 2.24) is 19.7 Å². The Morgan fingerprint density at radius 3 is 2.07 bits per heavy atom. The molecule has 0 spiro atoms. The van der Waals surface area contributed by atoms with Crippen LogP contribution in [0.1, 0.15) is 83.7 Å². The monoisotopic (exact) mass is 636 g/mol. The molecule has 2 saturated heterocycles. The molecule has 2 amide bonds. The van der Waals surface area contributed by atoms with Gasteiger partial charge in [0.05, 0.1) is 6.04 Å². The zero-order chi connectivity index (χ0) is 32.4. The number of pyridine rings is 1. The number of halogens is 4. The Morgan fingerprint density at radius 1 is 0.932 bits per heavy atom. The summed E-state index contributed by atoms with van der Waals surface area (Å²) in [6, 6.07) is 9.35. The molecule has 11 heteroatoms. The van der Waals surface area contributed by atoms with Crippen LogP contribution in [0.15, 0.2) is 42.6 Å². The van der Waals surface area contributed by atoms with Crippen molar-refractivity contribution in [3.05, 3.63) is 64.4 Å². The van der Waals surface area contributed by atoms with E-state index in [-0.39, 0.29) is 35.4 Å². The van der Waals surface area contributed by atoms with Crippen LogP contribution in [0.4, 0.5) is 18.0 Å². The Kier molecular flexibility index (Phi) is 10.2. The second kappa shape index (κ2) is 13.3. The number of alkyl halides is 3. The largest absolute Gasteiger partial charge is 0.444 e. The average Bonchev–Trinajstić information content (AvgIpc) is 2.93. The number of carbonyl (C=O) groups is 2. The van der Waals surface area contributed by atoms with Gasteiger partial charge in [0, 0.05) is 56.4 Å². The van der Waals surface area contributed by atoms with Gasteiger partial charge in [0.1, 0.15) is 11.3 Å². The maximum absolute atomic E-state index is 13.8. The molecule has 2 atom stereocenters. The van der Waals surface area contributed by atoms with Gasteiger partial charge in [-0.15, -0.1) is 0 Å². The van der Waals surface area contributed by atoms with Crippen LogP contribution < -0.4 is 0 Å². The lowest BCUT2D eigenvalue weighted by molar-refractivity contribution is -0.141. The third kappa shape index (κ3) is 8.65. The molecular formula is C33H44ClF3N4O3. The molecule has 0 aliphatic carbocycles. The van der Waals surface area contributed by atoms with Crippen LogP contribution in [-0.2, 0) is 15.7 Å². The summed E-state index contributed by atoms with van der Waals surface area (Å²) in [4.78, 5) is 35.9. The molecule has 44 heavy (non-hydrogen) atoms. The van der Waals surface area contributed by atoms with Crippen LogP contribution in [0.3, 0.4) is 0 Å². The Bertz CT molecular complexity index is 1280. The van der Waals surface area contributed by atoms with Crippen LogP contribution in [0.2, 0.25) is 5.02 Å². The molecule has 2 fully saturated rings. The number of ether oxygens (including phenoxy) is 1. The maximum Gasteiger partial charge on any atom is 0.433 e. The molecule has 1 aromatic heterocycles. The molecule has 0 saturated carbocycles. The number of amides is 2. The first kappa shape index (κ1) is 34.0. The molecule has 0 N–H and O–H groups in total. The highest BCUT2D eigenvalue weighted by atomic mass is 35.5. The molecule has 0 bridgehead atoms. The summed E-state index contributed by atoms with van der Waals surface area (Å²) in [5.41, 5.74) is -0.207. The van der Waals surface area contributed by atoms with Crippen molar-refractivity contribution in [3.63, 3.8) is 0 Å². The van der Waals surface area contributed by atoms with Gasteiger partial charge < -0.3 is 14.5 Å². The fourth-order valence-corrected chi connectivity index (χ4v) is 6.21. The normalized spacial score (nSPS) is 20.0. The van der Waals surface area contributed by atoms with Gasteiger partial charge in [0.15, 0.2) is 0 Å². The van der Waals surface area contributed by atoms with Crippen molar-refractivity contribution in [1.29, 1.82) is 0 Å². The molecule has 242 valence electrons. The molecule has 2 aliphatic heterocycles. The van der Waals surface area contributed by atoms with Gasteiger partial charge in [-0.1, -0.05) is 50.6 Å². The first-order valence-electron chi connectivity index (χ1n) is 15.2. The Labute approximate surface area is 263 Å². The number of aromatic nitrogens is 1. The van der Waals surface area contributed by atoms with E-state index < -0.39 is 17.5 Å². The molecule has 7 nitrogen and oxygen atoms in total. The van der Waals surface area contributed by atoms with E-state index in [2.05, 4.69) is 30.7 Å². The first-order valence-corrected chi connectivity index (χ1v) is 15.6. The molecule has 0 radical (unpaired) electrons. The van der Waals surface area contributed by atoms with Gasteiger partial charge in [-0.2, -0.15) is 13.2 Å². The van der Waals surface area contributed by atoms with Crippen molar-refractivity contribution in [2.75, 3.05) is 32.7 Å². The van der Waals surface area contributed by atoms with Crippen molar-refractivity contribution in [2.24, 2.45) is 11.3 Å². The van der Waals surface area contributed by atoms with E-state index in [0.717, 1.165) is 24.5 Å². The number of likely N-dealkylation sites (tertiary alicyclic amines) is 1. The minimum absolute atomic E-state index is 0.0968. The Balaban J connectivity index is 1.49. The van der Waals surface area contributed by atoms with E-state index in [9.17, 15) is 22.8 Å². The van der Waals surface area contributed by atoms with E-state index in [1.807, 2.05) is 37.8 Å². The maximum atomic E-state index is 13.8. The lowest BCUT2D eigenvalue weighted by Gasteiger charge is -2.49. The van der Waals surface area contributed by atoms with Crippen molar-refractivity contribution in [2.45, 2.75) is 84.7 Å². The summed E-state index contributed by atoms with van der Waals surface area (Å²) >= 11 is 6.16. The molecule has 2 aliphatic rings. The highest BCUT2D eigenvalue weighted by molar-refractivity contribution is 6.30. The van der Waals surface area contributed by atoms with Gasteiger partial charge >= 0.3 is 12.3 Å². The number of hydrogen-bond acceptors (Lipinski definition) is 5. The number of hydrogen-bond donors (Lipinski definition) is 0.